The summed E-state index contributed by atoms with van der Waals surface area (Å²) in [7, 11) is 1.64. The number of anilines is 1. The maximum absolute atomic E-state index is 13.2. The molecule has 0 fully saturated rings. The lowest BCUT2D eigenvalue weighted by Crippen LogP contribution is -2.39. The summed E-state index contributed by atoms with van der Waals surface area (Å²) >= 11 is 0. The summed E-state index contributed by atoms with van der Waals surface area (Å²) in [4.78, 5) is 1.95. The molecule has 0 saturated heterocycles. The summed E-state index contributed by atoms with van der Waals surface area (Å²) in [6.07, 6.45) is -0.500. The number of hydrogen-bond donors (Lipinski definition) is 2. The molecule has 19 heavy (non-hydrogen) atoms. The van der Waals surface area contributed by atoms with Gasteiger partial charge in [0.25, 0.3) is 0 Å². The van der Waals surface area contributed by atoms with Crippen molar-refractivity contribution in [2.45, 2.75) is 13.0 Å². The molecule has 0 aliphatic heterocycles. The molecule has 1 aromatic rings. The van der Waals surface area contributed by atoms with E-state index in [4.69, 9.17) is 4.74 Å². The Morgan fingerprint density at radius 2 is 2.26 bits per heavy atom. The van der Waals surface area contributed by atoms with E-state index in [9.17, 15) is 9.50 Å². The molecule has 0 spiro atoms. The number of aliphatic hydroxyl groups is 1. The largest absolute Gasteiger partial charge is 0.390 e. The van der Waals surface area contributed by atoms with Crippen molar-refractivity contribution in [1.29, 1.82) is 0 Å². The van der Waals surface area contributed by atoms with E-state index < -0.39 is 6.10 Å². The topological polar surface area (TPSA) is 44.7 Å². The quantitative estimate of drug-likeness (QED) is 0.663. The van der Waals surface area contributed by atoms with Gasteiger partial charge in [0, 0.05) is 39.0 Å². The fourth-order valence-electron chi connectivity index (χ4n) is 1.85. The Labute approximate surface area is 114 Å². The molecular weight excluding hydrogens is 247 g/mol. The summed E-state index contributed by atoms with van der Waals surface area (Å²) in [5, 5.41) is 13.0. The lowest BCUT2D eigenvalue weighted by Gasteiger charge is -2.26. The van der Waals surface area contributed by atoms with Gasteiger partial charge in [-0.3, -0.25) is 0 Å². The summed E-state index contributed by atoms with van der Waals surface area (Å²) in [6.45, 7) is 5.00. The molecule has 5 heteroatoms. The average molecular weight is 270 g/mol. The number of benzene rings is 1. The van der Waals surface area contributed by atoms with E-state index in [0.717, 1.165) is 12.2 Å². The molecule has 0 bridgehead atoms. The number of rotatable bonds is 9. The molecular formula is C14H23FN2O2. The molecule has 0 aliphatic rings. The molecule has 0 aromatic heterocycles. The molecule has 2 N–H and O–H groups in total. The number of likely N-dealkylation sites (N-methyl/N-ethyl adjacent to an activating group) is 1. The third-order valence-electron chi connectivity index (χ3n) is 2.85. The Balaban J connectivity index is 2.43. The van der Waals surface area contributed by atoms with Gasteiger partial charge in [-0.25, -0.2) is 4.39 Å². The van der Waals surface area contributed by atoms with Crippen LogP contribution in [0.15, 0.2) is 24.3 Å². The molecule has 0 heterocycles. The van der Waals surface area contributed by atoms with Gasteiger partial charge >= 0.3 is 0 Å². The van der Waals surface area contributed by atoms with Crippen LogP contribution in [0.1, 0.15) is 6.92 Å². The highest BCUT2D eigenvalue weighted by molar-refractivity contribution is 5.46. The smallest absolute Gasteiger partial charge is 0.125 e. The minimum Gasteiger partial charge on any atom is -0.390 e. The fourth-order valence-corrected chi connectivity index (χ4v) is 1.85. The SMILES string of the molecule is CCN(CC(O)CNCCOC)c1cccc(F)c1. The molecule has 1 aromatic carbocycles. The van der Waals surface area contributed by atoms with Crippen LogP contribution in [0.5, 0.6) is 0 Å². The summed E-state index contributed by atoms with van der Waals surface area (Å²) in [6, 6.07) is 6.42. The van der Waals surface area contributed by atoms with E-state index in [0.29, 0.717) is 26.2 Å². The van der Waals surface area contributed by atoms with Crippen molar-refractivity contribution in [1.82, 2.24) is 5.32 Å². The number of ether oxygens (including phenoxy) is 1. The Morgan fingerprint density at radius 3 is 2.89 bits per heavy atom. The first-order chi connectivity index (χ1) is 9.17. The number of nitrogens with one attached hydrogen (secondary N) is 1. The zero-order valence-corrected chi connectivity index (χ0v) is 11.6. The lowest BCUT2D eigenvalue weighted by molar-refractivity contribution is 0.163. The van der Waals surface area contributed by atoms with E-state index in [1.807, 2.05) is 17.9 Å². The van der Waals surface area contributed by atoms with Crippen molar-refractivity contribution >= 4 is 5.69 Å². The highest BCUT2D eigenvalue weighted by atomic mass is 19.1. The van der Waals surface area contributed by atoms with Gasteiger partial charge < -0.3 is 20.1 Å². The summed E-state index contributed by atoms with van der Waals surface area (Å²) in [5.41, 5.74) is 0.790. The second-order valence-electron chi connectivity index (χ2n) is 4.37. The van der Waals surface area contributed by atoms with Crippen LogP contribution in [0.25, 0.3) is 0 Å². The predicted octanol–water partition coefficient (Wildman–Crippen LogP) is 1.25. The maximum atomic E-state index is 13.2. The van der Waals surface area contributed by atoms with Gasteiger partial charge in [0.1, 0.15) is 5.82 Å². The van der Waals surface area contributed by atoms with E-state index in [1.54, 1.807) is 13.2 Å². The van der Waals surface area contributed by atoms with Gasteiger partial charge in [0.2, 0.25) is 0 Å². The zero-order valence-electron chi connectivity index (χ0n) is 11.6. The second-order valence-corrected chi connectivity index (χ2v) is 4.37. The predicted molar refractivity (Wildman–Crippen MR) is 75.0 cm³/mol. The van der Waals surface area contributed by atoms with Crippen LogP contribution in [-0.4, -0.2) is 51.1 Å². The van der Waals surface area contributed by atoms with E-state index in [-0.39, 0.29) is 5.82 Å². The third kappa shape index (κ3) is 6.00. The third-order valence-corrected chi connectivity index (χ3v) is 2.85. The van der Waals surface area contributed by atoms with Crippen molar-refractivity contribution < 1.29 is 14.2 Å². The van der Waals surface area contributed by atoms with Crippen LogP contribution in [0, 0.1) is 5.82 Å². The van der Waals surface area contributed by atoms with Crippen molar-refractivity contribution in [2.24, 2.45) is 0 Å². The molecule has 1 atom stereocenters. The van der Waals surface area contributed by atoms with E-state index in [1.165, 1.54) is 12.1 Å². The van der Waals surface area contributed by atoms with Crippen molar-refractivity contribution in [3.05, 3.63) is 30.1 Å². The first-order valence-corrected chi connectivity index (χ1v) is 6.55. The first kappa shape index (κ1) is 15.9. The van der Waals surface area contributed by atoms with Crippen LogP contribution in [-0.2, 0) is 4.74 Å². The molecule has 1 unspecified atom stereocenters. The molecule has 0 aliphatic carbocycles. The Hall–Kier alpha value is -1.17. The van der Waals surface area contributed by atoms with E-state index >= 15 is 0 Å². The number of aliphatic hydroxyl groups excluding tert-OH is 1. The molecule has 0 radical (unpaired) electrons. The monoisotopic (exact) mass is 270 g/mol. The average Bonchev–Trinajstić information content (AvgIpc) is 2.41. The minimum absolute atomic E-state index is 0.261. The van der Waals surface area contributed by atoms with Gasteiger partial charge in [-0.15, -0.1) is 0 Å². The Kier molecular flexibility index (Phi) is 7.40. The Bertz CT molecular complexity index is 363. The number of nitrogens with zero attached hydrogens (tertiary/aromatic N) is 1. The van der Waals surface area contributed by atoms with Crippen LogP contribution >= 0.6 is 0 Å². The maximum Gasteiger partial charge on any atom is 0.125 e. The minimum atomic E-state index is -0.500. The van der Waals surface area contributed by atoms with Crippen LogP contribution < -0.4 is 10.2 Å². The van der Waals surface area contributed by atoms with Crippen LogP contribution in [0.4, 0.5) is 10.1 Å². The highest BCUT2D eigenvalue weighted by Gasteiger charge is 2.11. The van der Waals surface area contributed by atoms with Crippen molar-refractivity contribution in [3.8, 4) is 0 Å². The second kappa shape index (κ2) is 8.85. The van der Waals surface area contributed by atoms with Gasteiger partial charge in [0.05, 0.1) is 12.7 Å². The summed E-state index contributed by atoms with van der Waals surface area (Å²) in [5.74, 6) is -0.261. The van der Waals surface area contributed by atoms with Crippen LogP contribution in [0.2, 0.25) is 0 Å². The zero-order chi connectivity index (χ0) is 14.1. The molecule has 108 valence electrons. The van der Waals surface area contributed by atoms with Crippen LogP contribution in [0.3, 0.4) is 0 Å². The number of methoxy groups -OCH3 is 1. The molecule has 0 amide bonds. The Morgan fingerprint density at radius 1 is 1.47 bits per heavy atom. The first-order valence-electron chi connectivity index (χ1n) is 6.55. The molecule has 1 rings (SSSR count). The molecule has 4 nitrogen and oxygen atoms in total. The fraction of sp³-hybridized carbons (Fsp3) is 0.571. The number of halogens is 1. The standard InChI is InChI=1S/C14H23FN2O2/c1-3-17(13-6-4-5-12(15)9-13)11-14(18)10-16-7-8-19-2/h4-6,9,14,16,18H,3,7-8,10-11H2,1-2H3. The summed E-state index contributed by atoms with van der Waals surface area (Å²) < 4.78 is 18.1. The van der Waals surface area contributed by atoms with Gasteiger partial charge in [0.15, 0.2) is 0 Å². The highest BCUT2D eigenvalue weighted by Crippen LogP contribution is 2.15. The van der Waals surface area contributed by atoms with E-state index in [2.05, 4.69) is 5.32 Å². The van der Waals surface area contributed by atoms with Gasteiger partial charge in [-0.2, -0.15) is 0 Å². The number of hydrogen-bond acceptors (Lipinski definition) is 4. The normalized spacial score (nSPS) is 12.4. The van der Waals surface area contributed by atoms with Crippen molar-refractivity contribution in [3.63, 3.8) is 0 Å². The van der Waals surface area contributed by atoms with Gasteiger partial charge in [-0.1, -0.05) is 6.07 Å². The lowest BCUT2D eigenvalue weighted by atomic mass is 10.2. The van der Waals surface area contributed by atoms with Gasteiger partial charge in [-0.05, 0) is 25.1 Å². The molecule has 0 saturated carbocycles. The van der Waals surface area contributed by atoms with Crippen molar-refractivity contribution in [2.75, 3.05) is 44.8 Å².